The van der Waals surface area contributed by atoms with Gasteiger partial charge in [-0.2, -0.15) is 5.26 Å². The van der Waals surface area contributed by atoms with E-state index in [9.17, 15) is 9.65 Å². The van der Waals surface area contributed by atoms with Gasteiger partial charge in [-0.3, -0.25) is 0 Å². The molecular weight excluding hydrogens is 475 g/mol. The van der Waals surface area contributed by atoms with Crippen LogP contribution in [0.5, 0.6) is 0 Å². The Morgan fingerprint density at radius 1 is 0.789 bits per heavy atom. The monoisotopic (exact) mass is 497 g/mol. The second-order valence-corrected chi connectivity index (χ2v) is 9.82. The van der Waals surface area contributed by atoms with Gasteiger partial charge < -0.3 is 8.83 Å². The van der Waals surface area contributed by atoms with E-state index in [2.05, 4.69) is 24.3 Å². The highest BCUT2D eigenvalue weighted by atomic mass is 19.1. The van der Waals surface area contributed by atoms with E-state index < -0.39 is 0 Å². The maximum Gasteiger partial charge on any atom is 0.219 e. The number of hydrogen-bond acceptors (Lipinski definition) is 3. The van der Waals surface area contributed by atoms with Crippen LogP contribution in [0.4, 0.5) is 4.39 Å². The largest absolute Gasteiger partial charge is 0.456 e. The molecule has 0 aliphatic carbocycles. The van der Waals surface area contributed by atoms with Crippen LogP contribution in [0.25, 0.3) is 66.3 Å². The third-order valence-corrected chi connectivity index (χ3v) is 7.47. The van der Waals surface area contributed by atoms with Gasteiger partial charge in [0.25, 0.3) is 0 Å². The maximum atomic E-state index is 14.7. The van der Waals surface area contributed by atoms with E-state index in [0.29, 0.717) is 28.0 Å². The first-order valence-electron chi connectivity index (χ1n) is 12.4. The lowest BCUT2D eigenvalue weighted by molar-refractivity contribution is -0.661. The van der Waals surface area contributed by atoms with Gasteiger partial charge in [0.2, 0.25) is 5.69 Å². The van der Waals surface area contributed by atoms with Crippen LogP contribution in [0.3, 0.4) is 0 Å². The van der Waals surface area contributed by atoms with Crippen molar-refractivity contribution >= 4 is 43.9 Å². The predicted octanol–water partition coefficient (Wildman–Crippen LogP) is 8.27. The number of aryl methyl sites for hydroxylation is 3. The predicted molar refractivity (Wildman–Crippen MR) is 147 cm³/mol. The summed E-state index contributed by atoms with van der Waals surface area (Å²) in [5, 5.41) is 13.7. The second-order valence-electron chi connectivity index (χ2n) is 9.82. The molecule has 5 heteroatoms. The molecule has 0 unspecified atom stereocenters. The lowest BCUT2D eigenvalue weighted by Gasteiger charge is -2.06. The molecule has 7 rings (SSSR count). The molecule has 0 aliphatic rings. The number of halogens is 1. The van der Waals surface area contributed by atoms with E-state index in [1.807, 2.05) is 67.1 Å². The molecule has 3 aromatic heterocycles. The van der Waals surface area contributed by atoms with E-state index in [4.69, 9.17) is 8.83 Å². The van der Waals surface area contributed by atoms with Crippen molar-refractivity contribution in [2.45, 2.75) is 13.8 Å². The van der Waals surface area contributed by atoms with Gasteiger partial charge in [-0.25, -0.2) is 8.96 Å². The Hall–Kier alpha value is -4.95. The minimum atomic E-state index is -0.275. The molecule has 182 valence electrons. The number of aromatic nitrogens is 1. The summed E-state index contributed by atoms with van der Waals surface area (Å²) in [4.78, 5) is 0. The first-order chi connectivity index (χ1) is 18.4. The highest BCUT2D eigenvalue weighted by molar-refractivity contribution is 6.16. The Morgan fingerprint density at radius 3 is 2.42 bits per heavy atom. The normalized spacial score (nSPS) is 11.7. The van der Waals surface area contributed by atoms with Crippen LogP contribution < -0.4 is 4.57 Å². The Balaban J connectivity index is 1.55. The van der Waals surface area contributed by atoms with Crippen molar-refractivity contribution in [2.24, 2.45) is 7.05 Å². The molecule has 0 spiro atoms. The summed E-state index contributed by atoms with van der Waals surface area (Å²) in [7, 11) is 1.90. The third kappa shape index (κ3) is 3.10. The number of fused-ring (bicyclic) bond motifs is 6. The standard InChI is InChI=1S/C33H22FN2O2/c1-18-8-11-25-31-21(16-35)10-12-22(20-9-13-24-23-6-4-5-7-28(23)37-29(24)14-20)32(31)38-33(25)30(18)27-15-26(34)19(2)17-36(27)3/h4-15,17H,1-3H3/q+1. The van der Waals surface area contributed by atoms with Crippen LogP contribution >= 0.6 is 0 Å². The Morgan fingerprint density at radius 2 is 1.58 bits per heavy atom. The number of nitriles is 1. The summed E-state index contributed by atoms with van der Waals surface area (Å²) in [5.41, 5.74) is 8.24. The van der Waals surface area contributed by atoms with Gasteiger partial charge in [0.05, 0.1) is 17.2 Å². The van der Waals surface area contributed by atoms with E-state index in [1.165, 1.54) is 0 Å². The van der Waals surface area contributed by atoms with Crippen LogP contribution in [0.1, 0.15) is 16.7 Å². The Kier molecular flexibility index (Phi) is 4.70. The second kappa shape index (κ2) is 8.03. The Bertz CT molecular complexity index is 2140. The third-order valence-electron chi connectivity index (χ3n) is 7.47. The number of rotatable bonds is 2. The fourth-order valence-electron chi connectivity index (χ4n) is 5.58. The molecule has 3 heterocycles. The molecule has 0 saturated heterocycles. The summed E-state index contributed by atoms with van der Waals surface area (Å²) in [6.45, 7) is 3.74. The molecule has 0 fully saturated rings. The van der Waals surface area contributed by atoms with E-state index in [-0.39, 0.29) is 5.82 Å². The number of pyridine rings is 1. The fourth-order valence-corrected chi connectivity index (χ4v) is 5.58. The van der Waals surface area contributed by atoms with Crippen molar-refractivity contribution in [2.75, 3.05) is 0 Å². The molecule has 0 radical (unpaired) electrons. The fraction of sp³-hybridized carbons (Fsp3) is 0.0909. The molecule has 0 amide bonds. The first-order valence-corrected chi connectivity index (χ1v) is 12.4. The molecule has 38 heavy (non-hydrogen) atoms. The average Bonchev–Trinajstić information content (AvgIpc) is 3.49. The number of benzene rings is 4. The van der Waals surface area contributed by atoms with Gasteiger partial charge >= 0.3 is 0 Å². The van der Waals surface area contributed by atoms with Crippen LogP contribution in [0, 0.1) is 31.0 Å². The smallest absolute Gasteiger partial charge is 0.219 e. The molecule has 0 aliphatic heterocycles. The van der Waals surface area contributed by atoms with Crippen molar-refractivity contribution in [3.63, 3.8) is 0 Å². The molecule has 4 aromatic carbocycles. The van der Waals surface area contributed by atoms with Crippen LogP contribution in [0.15, 0.2) is 87.8 Å². The van der Waals surface area contributed by atoms with Gasteiger partial charge in [0.15, 0.2) is 6.20 Å². The summed E-state index contributed by atoms with van der Waals surface area (Å²) >= 11 is 0. The van der Waals surface area contributed by atoms with E-state index in [1.54, 1.807) is 19.2 Å². The molecule has 7 aromatic rings. The quantitative estimate of drug-likeness (QED) is 0.226. The zero-order valence-electron chi connectivity index (χ0n) is 21.1. The van der Waals surface area contributed by atoms with Gasteiger partial charge in [0, 0.05) is 38.7 Å². The van der Waals surface area contributed by atoms with Crippen molar-refractivity contribution in [1.82, 2.24) is 0 Å². The van der Waals surface area contributed by atoms with E-state index >= 15 is 0 Å². The molecule has 0 bridgehead atoms. The summed E-state index contributed by atoms with van der Waals surface area (Å²) in [6.07, 6.45) is 1.78. The zero-order valence-corrected chi connectivity index (χ0v) is 21.1. The van der Waals surface area contributed by atoms with Crippen molar-refractivity contribution in [3.8, 4) is 28.5 Å². The maximum absolute atomic E-state index is 14.7. The highest BCUT2D eigenvalue weighted by Gasteiger charge is 2.25. The summed E-state index contributed by atoms with van der Waals surface area (Å²) in [6, 6.07) is 25.7. The van der Waals surface area contributed by atoms with Crippen molar-refractivity contribution < 1.29 is 17.8 Å². The average molecular weight is 498 g/mol. The first kappa shape index (κ1) is 22.3. The molecule has 0 N–H and O–H groups in total. The minimum absolute atomic E-state index is 0.275. The van der Waals surface area contributed by atoms with Crippen LogP contribution in [0.2, 0.25) is 0 Å². The molecule has 4 nitrogen and oxygen atoms in total. The van der Waals surface area contributed by atoms with Crippen LogP contribution in [-0.4, -0.2) is 0 Å². The number of furan rings is 2. The van der Waals surface area contributed by atoms with Gasteiger partial charge in [-0.05, 0) is 55.3 Å². The molecular formula is C33H22FN2O2+. The summed E-state index contributed by atoms with van der Waals surface area (Å²) in [5.74, 6) is -0.275. The lowest BCUT2D eigenvalue weighted by atomic mass is 9.96. The number of nitrogens with zero attached hydrogens (tertiary/aromatic N) is 2. The summed E-state index contributed by atoms with van der Waals surface area (Å²) < 4.78 is 29.4. The van der Waals surface area contributed by atoms with Gasteiger partial charge in [-0.15, -0.1) is 0 Å². The molecule has 0 saturated carbocycles. The molecule has 0 atom stereocenters. The Labute approximate surface area is 217 Å². The SMILES string of the molecule is Cc1c[n+](C)c(-c2c(C)ccc3c2oc2c(-c4ccc5c(c4)oc4ccccc45)ccc(C#N)c23)cc1F. The van der Waals surface area contributed by atoms with Crippen molar-refractivity contribution in [1.29, 1.82) is 5.26 Å². The van der Waals surface area contributed by atoms with E-state index in [0.717, 1.165) is 55.0 Å². The topological polar surface area (TPSA) is 54.0 Å². The van der Waals surface area contributed by atoms with Crippen LogP contribution in [-0.2, 0) is 7.05 Å². The van der Waals surface area contributed by atoms with Gasteiger partial charge in [-0.1, -0.05) is 36.4 Å². The van der Waals surface area contributed by atoms with Gasteiger partial charge in [0.1, 0.15) is 35.2 Å². The zero-order chi connectivity index (χ0) is 26.1. The lowest BCUT2D eigenvalue weighted by Crippen LogP contribution is -2.31. The number of hydrogen-bond donors (Lipinski definition) is 0. The number of para-hydroxylation sites is 1. The highest BCUT2D eigenvalue weighted by Crippen LogP contribution is 2.43. The minimum Gasteiger partial charge on any atom is -0.456 e. The van der Waals surface area contributed by atoms with Crippen molar-refractivity contribution in [3.05, 3.63) is 102 Å².